The largest absolute Gasteiger partial charge is 0.391 e. The van der Waals surface area contributed by atoms with Gasteiger partial charge in [0.05, 0.1) is 17.8 Å². The first-order valence-corrected chi connectivity index (χ1v) is 12.1. The lowest BCUT2D eigenvalue weighted by Gasteiger charge is -2.35. The highest BCUT2D eigenvalue weighted by Gasteiger charge is 2.44. The van der Waals surface area contributed by atoms with Gasteiger partial charge in [0.1, 0.15) is 12.1 Å². The third-order valence-corrected chi connectivity index (χ3v) is 6.49. The number of likely N-dealkylation sites (tertiary alicyclic amines) is 1. The van der Waals surface area contributed by atoms with Crippen molar-refractivity contribution < 1.29 is 19.5 Å². The first kappa shape index (κ1) is 26.4. The summed E-state index contributed by atoms with van der Waals surface area (Å²) in [6.45, 7) is 9.26. The fraction of sp³-hybridized carbons (Fsp3) is 0.538. The van der Waals surface area contributed by atoms with Crippen LogP contribution in [0, 0.1) is 5.41 Å². The van der Waals surface area contributed by atoms with Crippen molar-refractivity contribution in [2.75, 3.05) is 6.54 Å². The smallest absolute Gasteiger partial charge is 0.246 e. The van der Waals surface area contributed by atoms with Crippen LogP contribution in [-0.2, 0) is 21.4 Å². The van der Waals surface area contributed by atoms with E-state index in [1.807, 2.05) is 65.1 Å². The van der Waals surface area contributed by atoms with Crippen LogP contribution in [0.3, 0.4) is 0 Å². The molecule has 3 rings (SSSR count). The van der Waals surface area contributed by atoms with Gasteiger partial charge in [-0.3, -0.25) is 19.1 Å². The highest BCUT2D eigenvalue weighted by atomic mass is 16.3. The molecule has 9 heteroatoms. The average Bonchev–Trinajstić information content (AvgIpc) is 3.41. The molecule has 0 unspecified atom stereocenters. The molecule has 9 nitrogen and oxygen atoms in total. The summed E-state index contributed by atoms with van der Waals surface area (Å²) in [5.41, 5.74) is 2.37. The van der Waals surface area contributed by atoms with Gasteiger partial charge in [0.15, 0.2) is 0 Å². The molecule has 0 radical (unpaired) electrons. The molecule has 3 amide bonds. The second-order valence-corrected chi connectivity index (χ2v) is 10.3. The van der Waals surface area contributed by atoms with Crippen molar-refractivity contribution in [1.29, 1.82) is 0 Å². The number of aliphatic hydroxyl groups excluding tert-OH is 1. The summed E-state index contributed by atoms with van der Waals surface area (Å²) in [6, 6.07) is 7.90. The van der Waals surface area contributed by atoms with E-state index in [-0.39, 0.29) is 43.1 Å². The van der Waals surface area contributed by atoms with Gasteiger partial charge in [0.25, 0.3) is 0 Å². The summed E-state index contributed by atoms with van der Waals surface area (Å²) in [4.78, 5) is 40.2. The van der Waals surface area contributed by atoms with E-state index in [1.165, 1.54) is 4.90 Å². The number of carbonyl (C=O) groups excluding carboxylic acids is 3. The van der Waals surface area contributed by atoms with Crippen LogP contribution >= 0.6 is 0 Å². The van der Waals surface area contributed by atoms with E-state index in [0.717, 1.165) is 16.8 Å². The zero-order valence-corrected chi connectivity index (χ0v) is 21.4. The van der Waals surface area contributed by atoms with E-state index < -0.39 is 23.6 Å². The van der Waals surface area contributed by atoms with Crippen molar-refractivity contribution in [1.82, 2.24) is 25.3 Å². The third kappa shape index (κ3) is 6.08. The molecule has 190 valence electrons. The molecular weight excluding hydrogens is 446 g/mol. The standard InChI is InChI=1S/C26H37N5O4/c1-7-22(33)29-23(26(3,4)5)25(35)31-15-19(32)14-21(31)24(34)28-16(2)17-8-10-18(11-9-17)20-12-13-27-30(20)6/h8-13,16,19,21,23,32H,7,14-15H2,1-6H3,(H,28,34)(H,29,33)/t16-,19+,21-,23+/m0/s1. The molecule has 0 spiro atoms. The Morgan fingerprint density at radius 2 is 1.80 bits per heavy atom. The van der Waals surface area contributed by atoms with Gasteiger partial charge in [-0.25, -0.2) is 0 Å². The van der Waals surface area contributed by atoms with Crippen LogP contribution in [0.15, 0.2) is 36.5 Å². The highest BCUT2D eigenvalue weighted by Crippen LogP contribution is 2.27. The highest BCUT2D eigenvalue weighted by molar-refractivity contribution is 5.93. The van der Waals surface area contributed by atoms with Gasteiger partial charge in [-0.1, -0.05) is 52.0 Å². The average molecular weight is 484 g/mol. The Bertz CT molecular complexity index is 1060. The second kappa shape index (κ2) is 10.6. The molecule has 0 bridgehead atoms. The Morgan fingerprint density at radius 3 is 2.34 bits per heavy atom. The molecule has 3 N–H and O–H groups in total. The Hall–Kier alpha value is -3.20. The molecule has 4 atom stereocenters. The molecule has 0 saturated carbocycles. The SMILES string of the molecule is CCC(=O)N[C@H](C(=O)N1C[C@H](O)C[C@H]1C(=O)N[C@@H](C)c1ccc(-c2ccnn2C)cc1)C(C)(C)C. The van der Waals surface area contributed by atoms with Gasteiger partial charge >= 0.3 is 0 Å². The predicted molar refractivity (Wildman–Crippen MR) is 133 cm³/mol. The lowest BCUT2D eigenvalue weighted by atomic mass is 9.85. The molecule has 0 aliphatic carbocycles. The topological polar surface area (TPSA) is 117 Å². The van der Waals surface area contributed by atoms with Crippen molar-refractivity contribution in [2.45, 2.75) is 71.7 Å². The number of β-amino-alcohol motifs (C(OH)–C–C–N with tert-alkyl or cyclic N) is 1. The summed E-state index contributed by atoms with van der Waals surface area (Å²) >= 11 is 0. The first-order chi connectivity index (χ1) is 16.4. The maximum Gasteiger partial charge on any atom is 0.246 e. The van der Waals surface area contributed by atoms with Crippen LogP contribution in [0.4, 0.5) is 0 Å². The number of rotatable bonds is 7. The number of nitrogens with zero attached hydrogens (tertiary/aromatic N) is 3. The minimum atomic E-state index is -0.808. The van der Waals surface area contributed by atoms with Crippen molar-refractivity contribution in [3.8, 4) is 11.3 Å². The van der Waals surface area contributed by atoms with Crippen LogP contribution in [0.5, 0.6) is 0 Å². The number of aryl methyl sites for hydroxylation is 1. The van der Waals surface area contributed by atoms with Crippen LogP contribution in [0.25, 0.3) is 11.3 Å². The zero-order chi connectivity index (χ0) is 25.9. The van der Waals surface area contributed by atoms with E-state index in [9.17, 15) is 19.5 Å². The van der Waals surface area contributed by atoms with E-state index >= 15 is 0 Å². The second-order valence-electron chi connectivity index (χ2n) is 10.3. The molecule has 35 heavy (non-hydrogen) atoms. The quantitative estimate of drug-likeness (QED) is 0.558. The monoisotopic (exact) mass is 483 g/mol. The van der Waals surface area contributed by atoms with Crippen LogP contribution in [-0.4, -0.2) is 62.2 Å². The Labute approximate surface area is 206 Å². The maximum absolute atomic E-state index is 13.5. The lowest BCUT2D eigenvalue weighted by Crippen LogP contribution is -2.57. The molecule has 2 heterocycles. The summed E-state index contributed by atoms with van der Waals surface area (Å²) in [5.74, 6) is -0.918. The minimum absolute atomic E-state index is 0.0548. The molecule has 1 saturated heterocycles. The fourth-order valence-corrected chi connectivity index (χ4v) is 4.38. The third-order valence-electron chi connectivity index (χ3n) is 6.49. The van der Waals surface area contributed by atoms with Gasteiger partial charge in [-0.15, -0.1) is 0 Å². The number of aromatic nitrogens is 2. The van der Waals surface area contributed by atoms with Gasteiger partial charge in [-0.2, -0.15) is 5.10 Å². The summed E-state index contributed by atoms with van der Waals surface area (Å²) in [7, 11) is 1.88. The van der Waals surface area contributed by atoms with Crippen LogP contribution in [0.2, 0.25) is 0 Å². The molecule has 1 aromatic carbocycles. The van der Waals surface area contributed by atoms with Gasteiger partial charge in [0, 0.05) is 32.6 Å². The van der Waals surface area contributed by atoms with Crippen LogP contribution < -0.4 is 10.6 Å². The first-order valence-electron chi connectivity index (χ1n) is 12.1. The number of benzene rings is 1. The number of carbonyl (C=O) groups is 3. The minimum Gasteiger partial charge on any atom is -0.391 e. The van der Waals surface area contributed by atoms with E-state index in [4.69, 9.17) is 0 Å². The van der Waals surface area contributed by atoms with Crippen LogP contribution in [0.1, 0.15) is 59.1 Å². The Kier molecular flexibility index (Phi) is 8.00. The number of hydrogen-bond donors (Lipinski definition) is 3. The molecule has 2 aromatic rings. The summed E-state index contributed by atoms with van der Waals surface area (Å²) < 4.78 is 1.80. The predicted octanol–water partition coefficient (Wildman–Crippen LogP) is 2.17. The Balaban J connectivity index is 1.73. The van der Waals surface area contributed by atoms with Crippen molar-refractivity contribution in [2.24, 2.45) is 12.5 Å². The van der Waals surface area contributed by atoms with Gasteiger partial charge in [0.2, 0.25) is 17.7 Å². The molecular formula is C26H37N5O4. The normalized spacial score (nSPS) is 19.8. The van der Waals surface area contributed by atoms with E-state index in [1.54, 1.807) is 17.8 Å². The van der Waals surface area contributed by atoms with Crippen molar-refractivity contribution >= 4 is 17.7 Å². The number of hydrogen-bond acceptors (Lipinski definition) is 5. The summed E-state index contributed by atoms with van der Waals surface area (Å²) in [6.07, 6.45) is 1.35. The molecule has 1 aliphatic heterocycles. The van der Waals surface area contributed by atoms with E-state index in [0.29, 0.717) is 0 Å². The van der Waals surface area contributed by atoms with E-state index in [2.05, 4.69) is 15.7 Å². The molecule has 1 fully saturated rings. The van der Waals surface area contributed by atoms with Crippen molar-refractivity contribution in [3.63, 3.8) is 0 Å². The zero-order valence-electron chi connectivity index (χ0n) is 21.4. The molecule has 1 aromatic heterocycles. The fourth-order valence-electron chi connectivity index (χ4n) is 4.38. The van der Waals surface area contributed by atoms with Crippen molar-refractivity contribution in [3.05, 3.63) is 42.1 Å². The lowest BCUT2D eigenvalue weighted by molar-refractivity contribution is -0.144. The molecule has 1 aliphatic rings. The number of nitrogens with one attached hydrogen (secondary N) is 2. The maximum atomic E-state index is 13.5. The number of amides is 3. The summed E-state index contributed by atoms with van der Waals surface area (Å²) in [5, 5.41) is 20.3. The Morgan fingerprint density at radius 1 is 1.14 bits per heavy atom. The van der Waals surface area contributed by atoms with Gasteiger partial charge < -0.3 is 20.6 Å². The van der Waals surface area contributed by atoms with Gasteiger partial charge in [-0.05, 0) is 29.5 Å². The number of aliphatic hydroxyl groups is 1.